The first-order valence-electron chi connectivity index (χ1n) is 5.67. The summed E-state index contributed by atoms with van der Waals surface area (Å²) in [6, 6.07) is 7.70. The summed E-state index contributed by atoms with van der Waals surface area (Å²) in [6.07, 6.45) is 1.79. The molecule has 94 valence electrons. The van der Waals surface area contributed by atoms with E-state index in [1.165, 1.54) is 0 Å². The Morgan fingerprint density at radius 3 is 2.72 bits per heavy atom. The zero-order valence-electron chi connectivity index (χ0n) is 10.5. The van der Waals surface area contributed by atoms with Crippen LogP contribution in [-0.2, 0) is 6.54 Å². The van der Waals surface area contributed by atoms with Crippen molar-refractivity contribution < 1.29 is 5.21 Å². The Morgan fingerprint density at radius 2 is 2.17 bits per heavy atom. The van der Waals surface area contributed by atoms with Crippen LogP contribution in [0, 0.1) is 13.8 Å². The lowest BCUT2D eigenvalue weighted by molar-refractivity contribution is 0.318. The van der Waals surface area contributed by atoms with Crippen molar-refractivity contribution in [2.75, 3.05) is 0 Å². The summed E-state index contributed by atoms with van der Waals surface area (Å²) in [5.41, 5.74) is 9.65. The molecule has 1 heterocycles. The lowest BCUT2D eigenvalue weighted by Gasteiger charge is -2.09. The highest BCUT2D eigenvalue weighted by Gasteiger charge is 2.05. The Bertz CT molecular complexity index is 586. The van der Waals surface area contributed by atoms with E-state index in [0.29, 0.717) is 0 Å². The summed E-state index contributed by atoms with van der Waals surface area (Å²) < 4.78 is 1.94. The van der Waals surface area contributed by atoms with Crippen LogP contribution >= 0.6 is 0 Å². The molecule has 0 aliphatic carbocycles. The van der Waals surface area contributed by atoms with Gasteiger partial charge in [0.25, 0.3) is 0 Å². The van der Waals surface area contributed by atoms with Crippen molar-refractivity contribution in [2.24, 2.45) is 10.9 Å². The van der Waals surface area contributed by atoms with Crippen LogP contribution in [0.1, 0.15) is 22.4 Å². The summed E-state index contributed by atoms with van der Waals surface area (Å²) in [7, 11) is 0. The number of aromatic nitrogens is 2. The molecule has 0 unspecified atom stereocenters. The van der Waals surface area contributed by atoms with Gasteiger partial charge in [0.1, 0.15) is 0 Å². The number of amidine groups is 1. The number of hydrogen-bond donors (Lipinski definition) is 2. The van der Waals surface area contributed by atoms with Crippen molar-refractivity contribution in [3.05, 3.63) is 52.8 Å². The SMILES string of the molecule is Cc1cc(/C(N)=N/O)ccc1Cn1nccc1C. The summed E-state index contributed by atoms with van der Waals surface area (Å²) in [5.74, 6) is 0.125. The molecule has 0 fully saturated rings. The van der Waals surface area contributed by atoms with E-state index in [9.17, 15) is 0 Å². The Labute approximate surface area is 106 Å². The highest BCUT2D eigenvalue weighted by Crippen LogP contribution is 2.13. The van der Waals surface area contributed by atoms with Crippen molar-refractivity contribution in [1.29, 1.82) is 0 Å². The first-order valence-corrected chi connectivity index (χ1v) is 5.67. The van der Waals surface area contributed by atoms with E-state index in [-0.39, 0.29) is 5.84 Å². The van der Waals surface area contributed by atoms with Crippen molar-refractivity contribution >= 4 is 5.84 Å². The maximum atomic E-state index is 8.64. The Hall–Kier alpha value is -2.30. The highest BCUT2D eigenvalue weighted by molar-refractivity contribution is 5.97. The Balaban J connectivity index is 2.28. The van der Waals surface area contributed by atoms with Gasteiger partial charge in [0.05, 0.1) is 6.54 Å². The van der Waals surface area contributed by atoms with Crippen molar-refractivity contribution in [3.63, 3.8) is 0 Å². The van der Waals surface area contributed by atoms with E-state index >= 15 is 0 Å². The predicted octanol–water partition coefficient (Wildman–Crippen LogP) is 1.64. The number of aryl methyl sites for hydroxylation is 2. The molecule has 1 aromatic heterocycles. The van der Waals surface area contributed by atoms with Gasteiger partial charge in [-0.15, -0.1) is 0 Å². The van der Waals surface area contributed by atoms with Gasteiger partial charge in [0, 0.05) is 17.5 Å². The van der Waals surface area contributed by atoms with E-state index in [1.807, 2.05) is 42.8 Å². The van der Waals surface area contributed by atoms with E-state index in [1.54, 1.807) is 6.20 Å². The molecule has 0 atom stereocenters. The van der Waals surface area contributed by atoms with Gasteiger partial charge in [-0.3, -0.25) is 4.68 Å². The van der Waals surface area contributed by atoms with E-state index in [0.717, 1.165) is 28.9 Å². The fourth-order valence-corrected chi connectivity index (χ4v) is 1.82. The standard InChI is InChI=1S/C13H16N4O/c1-9-7-11(13(14)16-18)3-4-12(9)8-17-10(2)5-6-15-17/h3-7,18H,8H2,1-2H3,(H2,14,16). The summed E-state index contributed by atoms with van der Waals surface area (Å²) >= 11 is 0. The zero-order valence-corrected chi connectivity index (χ0v) is 10.5. The Kier molecular flexibility index (Phi) is 3.32. The van der Waals surface area contributed by atoms with Gasteiger partial charge in [0.15, 0.2) is 5.84 Å². The molecule has 5 nitrogen and oxygen atoms in total. The van der Waals surface area contributed by atoms with Crippen LogP contribution in [0.5, 0.6) is 0 Å². The van der Waals surface area contributed by atoms with E-state index in [4.69, 9.17) is 10.9 Å². The maximum Gasteiger partial charge on any atom is 0.170 e. The molecular formula is C13H16N4O. The number of nitrogens with two attached hydrogens (primary N) is 1. The molecule has 0 aliphatic rings. The number of benzene rings is 1. The quantitative estimate of drug-likeness (QED) is 0.373. The molecular weight excluding hydrogens is 228 g/mol. The smallest absolute Gasteiger partial charge is 0.170 e. The fourth-order valence-electron chi connectivity index (χ4n) is 1.82. The average molecular weight is 244 g/mol. The highest BCUT2D eigenvalue weighted by atomic mass is 16.4. The van der Waals surface area contributed by atoms with E-state index < -0.39 is 0 Å². The molecule has 3 N–H and O–H groups in total. The van der Waals surface area contributed by atoms with E-state index in [2.05, 4.69) is 10.3 Å². The third-order valence-electron chi connectivity index (χ3n) is 3.00. The normalized spacial score (nSPS) is 11.8. The third kappa shape index (κ3) is 2.34. The molecule has 0 amide bonds. The second-order valence-electron chi connectivity index (χ2n) is 4.26. The molecule has 5 heteroatoms. The number of rotatable bonds is 3. The summed E-state index contributed by atoms with van der Waals surface area (Å²) in [4.78, 5) is 0. The lowest BCUT2D eigenvalue weighted by Crippen LogP contribution is -2.14. The lowest BCUT2D eigenvalue weighted by atomic mass is 10.0. The summed E-state index contributed by atoms with van der Waals surface area (Å²) in [6.45, 7) is 4.75. The van der Waals surface area contributed by atoms with Gasteiger partial charge in [-0.1, -0.05) is 17.3 Å². The molecule has 0 spiro atoms. The maximum absolute atomic E-state index is 8.64. The monoisotopic (exact) mass is 244 g/mol. The Morgan fingerprint density at radius 1 is 1.39 bits per heavy atom. The minimum Gasteiger partial charge on any atom is -0.409 e. The first kappa shape index (κ1) is 12.2. The number of oxime groups is 1. The molecule has 2 rings (SSSR count). The summed E-state index contributed by atoms with van der Waals surface area (Å²) in [5, 5.41) is 15.9. The van der Waals surface area contributed by atoms with Crippen molar-refractivity contribution in [2.45, 2.75) is 20.4 Å². The van der Waals surface area contributed by atoms with Gasteiger partial charge in [-0.25, -0.2) is 0 Å². The third-order valence-corrected chi connectivity index (χ3v) is 3.00. The fraction of sp³-hybridized carbons (Fsp3) is 0.231. The van der Waals surface area contributed by atoms with Crippen LogP contribution in [-0.4, -0.2) is 20.8 Å². The largest absolute Gasteiger partial charge is 0.409 e. The second kappa shape index (κ2) is 4.91. The number of nitrogens with zero attached hydrogens (tertiary/aromatic N) is 3. The minimum absolute atomic E-state index is 0.125. The van der Waals surface area contributed by atoms with Crippen molar-refractivity contribution in [3.8, 4) is 0 Å². The van der Waals surface area contributed by atoms with Gasteiger partial charge < -0.3 is 10.9 Å². The van der Waals surface area contributed by atoms with Crippen LogP contribution in [0.4, 0.5) is 0 Å². The molecule has 18 heavy (non-hydrogen) atoms. The molecule has 0 radical (unpaired) electrons. The predicted molar refractivity (Wildman–Crippen MR) is 69.8 cm³/mol. The molecule has 0 aliphatic heterocycles. The second-order valence-corrected chi connectivity index (χ2v) is 4.26. The topological polar surface area (TPSA) is 76.4 Å². The number of hydrogen-bond acceptors (Lipinski definition) is 3. The molecule has 2 aromatic rings. The minimum atomic E-state index is 0.125. The first-order chi connectivity index (χ1) is 8.61. The molecule has 0 saturated carbocycles. The van der Waals surface area contributed by atoms with Crippen LogP contribution in [0.25, 0.3) is 0 Å². The van der Waals surface area contributed by atoms with Gasteiger partial charge in [0.2, 0.25) is 0 Å². The average Bonchev–Trinajstić information content (AvgIpc) is 2.76. The van der Waals surface area contributed by atoms with Crippen LogP contribution in [0.2, 0.25) is 0 Å². The molecule has 1 aromatic carbocycles. The van der Waals surface area contributed by atoms with Gasteiger partial charge >= 0.3 is 0 Å². The van der Waals surface area contributed by atoms with Crippen molar-refractivity contribution in [1.82, 2.24) is 9.78 Å². The van der Waals surface area contributed by atoms with Crippen LogP contribution in [0.15, 0.2) is 35.6 Å². The molecule has 0 saturated heterocycles. The van der Waals surface area contributed by atoms with Gasteiger partial charge in [-0.2, -0.15) is 5.10 Å². The van der Waals surface area contributed by atoms with Crippen LogP contribution in [0.3, 0.4) is 0 Å². The van der Waals surface area contributed by atoms with Gasteiger partial charge in [-0.05, 0) is 37.1 Å². The molecule has 0 bridgehead atoms. The van der Waals surface area contributed by atoms with Crippen LogP contribution < -0.4 is 5.73 Å². The zero-order chi connectivity index (χ0) is 13.1.